The van der Waals surface area contributed by atoms with E-state index in [1.165, 1.54) is 6.42 Å². The summed E-state index contributed by atoms with van der Waals surface area (Å²) in [5.74, 6) is 1.62. The summed E-state index contributed by atoms with van der Waals surface area (Å²) in [6.45, 7) is 4.72. The van der Waals surface area contributed by atoms with Gasteiger partial charge in [-0.25, -0.2) is 4.98 Å². The summed E-state index contributed by atoms with van der Waals surface area (Å²) in [7, 11) is 3.80. The number of nitrogens with one attached hydrogen (secondary N) is 1. The molecule has 0 atom stereocenters. The van der Waals surface area contributed by atoms with Crippen molar-refractivity contribution in [3.8, 4) is 11.3 Å². The van der Waals surface area contributed by atoms with Gasteiger partial charge in [0, 0.05) is 45.5 Å². The van der Waals surface area contributed by atoms with Crippen molar-refractivity contribution in [3.05, 3.63) is 36.4 Å². The van der Waals surface area contributed by atoms with Crippen molar-refractivity contribution in [3.63, 3.8) is 0 Å². The number of benzene rings is 1. The lowest BCUT2D eigenvalue weighted by Gasteiger charge is -2.19. The van der Waals surface area contributed by atoms with Crippen LogP contribution in [0.2, 0.25) is 0 Å². The zero-order valence-electron chi connectivity index (χ0n) is 15.0. The molecule has 0 radical (unpaired) electrons. The van der Waals surface area contributed by atoms with E-state index in [-0.39, 0.29) is 0 Å². The first-order valence-corrected chi connectivity index (χ1v) is 8.63. The van der Waals surface area contributed by atoms with Gasteiger partial charge in [-0.05, 0) is 12.8 Å². The molecular weight excluding hydrogens is 300 g/mol. The standard InChI is InChI=1S/C19H28N4O/c1-4-5-13-23(2)18-15-17(16-10-7-6-8-11-16)21-19(22-18)20-12-9-14-24-3/h6-8,10-11,15H,4-5,9,12-14H2,1-3H3,(H,20,21,22). The summed E-state index contributed by atoms with van der Waals surface area (Å²) < 4.78 is 5.09. The average molecular weight is 328 g/mol. The van der Waals surface area contributed by atoms with E-state index < -0.39 is 0 Å². The summed E-state index contributed by atoms with van der Waals surface area (Å²) >= 11 is 0. The van der Waals surface area contributed by atoms with Gasteiger partial charge >= 0.3 is 0 Å². The molecule has 1 heterocycles. The van der Waals surface area contributed by atoms with E-state index in [0.717, 1.165) is 49.6 Å². The molecule has 0 aliphatic carbocycles. The van der Waals surface area contributed by atoms with Gasteiger partial charge in [0.25, 0.3) is 0 Å². The first-order chi connectivity index (χ1) is 11.7. The Bertz CT molecular complexity index is 604. The second-order valence-electron chi connectivity index (χ2n) is 5.85. The molecule has 5 nitrogen and oxygen atoms in total. The molecule has 0 bridgehead atoms. The van der Waals surface area contributed by atoms with E-state index in [2.05, 4.69) is 52.4 Å². The number of methoxy groups -OCH3 is 1. The number of ether oxygens (including phenoxy) is 1. The average Bonchev–Trinajstić information content (AvgIpc) is 2.63. The zero-order valence-corrected chi connectivity index (χ0v) is 15.0. The first-order valence-electron chi connectivity index (χ1n) is 8.63. The molecule has 0 spiro atoms. The minimum absolute atomic E-state index is 0.672. The van der Waals surface area contributed by atoms with Crippen LogP contribution in [0.5, 0.6) is 0 Å². The van der Waals surface area contributed by atoms with Crippen LogP contribution >= 0.6 is 0 Å². The van der Waals surface area contributed by atoms with E-state index >= 15 is 0 Å². The van der Waals surface area contributed by atoms with Crippen LogP contribution in [0.3, 0.4) is 0 Å². The predicted molar refractivity (Wildman–Crippen MR) is 101 cm³/mol. The largest absolute Gasteiger partial charge is 0.385 e. The van der Waals surface area contributed by atoms with Crippen molar-refractivity contribution >= 4 is 11.8 Å². The van der Waals surface area contributed by atoms with Crippen LogP contribution in [0.1, 0.15) is 26.2 Å². The number of aromatic nitrogens is 2. The monoisotopic (exact) mass is 328 g/mol. The Hall–Kier alpha value is -2.14. The molecule has 1 aromatic heterocycles. The van der Waals surface area contributed by atoms with Crippen molar-refractivity contribution < 1.29 is 4.74 Å². The van der Waals surface area contributed by atoms with Crippen molar-refractivity contribution in [1.29, 1.82) is 0 Å². The highest BCUT2D eigenvalue weighted by Gasteiger charge is 2.09. The summed E-state index contributed by atoms with van der Waals surface area (Å²) in [5.41, 5.74) is 2.04. The van der Waals surface area contributed by atoms with Gasteiger partial charge < -0.3 is 15.0 Å². The number of hydrogen-bond donors (Lipinski definition) is 1. The lowest BCUT2D eigenvalue weighted by Crippen LogP contribution is -2.20. The van der Waals surface area contributed by atoms with Crippen molar-refractivity contribution in [2.75, 3.05) is 44.1 Å². The van der Waals surface area contributed by atoms with Crippen molar-refractivity contribution in [2.45, 2.75) is 26.2 Å². The number of rotatable bonds is 10. The van der Waals surface area contributed by atoms with Gasteiger partial charge in [-0.2, -0.15) is 4.98 Å². The SMILES string of the molecule is CCCCN(C)c1cc(-c2ccccc2)nc(NCCCOC)n1. The smallest absolute Gasteiger partial charge is 0.225 e. The second kappa shape index (κ2) is 9.88. The summed E-state index contributed by atoms with van der Waals surface area (Å²) in [6.07, 6.45) is 3.25. The minimum Gasteiger partial charge on any atom is -0.385 e. The Morgan fingerprint density at radius 1 is 1.12 bits per heavy atom. The van der Waals surface area contributed by atoms with Crippen LogP contribution in [-0.4, -0.2) is 43.8 Å². The highest BCUT2D eigenvalue weighted by atomic mass is 16.5. The second-order valence-corrected chi connectivity index (χ2v) is 5.85. The van der Waals surface area contributed by atoms with E-state index in [0.29, 0.717) is 5.95 Å². The lowest BCUT2D eigenvalue weighted by molar-refractivity contribution is 0.197. The fourth-order valence-electron chi connectivity index (χ4n) is 2.39. The Balaban J connectivity index is 2.22. The molecule has 5 heteroatoms. The van der Waals surface area contributed by atoms with E-state index in [4.69, 9.17) is 4.74 Å². The highest BCUT2D eigenvalue weighted by Crippen LogP contribution is 2.23. The highest BCUT2D eigenvalue weighted by molar-refractivity contribution is 5.64. The van der Waals surface area contributed by atoms with Crippen molar-refractivity contribution in [1.82, 2.24) is 9.97 Å². The molecule has 130 valence electrons. The molecule has 24 heavy (non-hydrogen) atoms. The first kappa shape index (κ1) is 18.2. The molecule has 1 aromatic carbocycles. The third kappa shape index (κ3) is 5.49. The van der Waals surface area contributed by atoms with E-state index in [1.807, 2.05) is 18.2 Å². The summed E-state index contributed by atoms with van der Waals surface area (Å²) in [5, 5.41) is 3.31. The third-order valence-electron chi connectivity index (χ3n) is 3.83. The van der Waals surface area contributed by atoms with Crippen molar-refractivity contribution in [2.24, 2.45) is 0 Å². The Kier molecular flexibility index (Phi) is 7.49. The molecule has 0 saturated heterocycles. The molecule has 0 amide bonds. The molecular formula is C19H28N4O. The number of anilines is 2. The number of unbranched alkanes of at least 4 members (excludes halogenated alkanes) is 1. The summed E-state index contributed by atoms with van der Waals surface area (Å²) in [6, 6.07) is 12.3. The minimum atomic E-state index is 0.672. The molecule has 0 aliphatic heterocycles. The maximum absolute atomic E-state index is 5.09. The van der Waals surface area contributed by atoms with Gasteiger partial charge in [-0.1, -0.05) is 43.7 Å². The number of nitrogens with zero attached hydrogens (tertiary/aromatic N) is 3. The lowest BCUT2D eigenvalue weighted by atomic mass is 10.1. The maximum atomic E-state index is 5.09. The van der Waals surface area contributed by atoms with E-state index in [9.17, 15) is 0 Å². The van der Waals surface area contributed by atoms with Crippen LogP contribution in [0.15, 0.2) is 36.4 Å². The molecule has 0 unspecified atom stereocenters. The number of hydrogen-bond acceptors (Lipinski definition) is 5. The van der Waals surface area contributed by atoms with Crippen LogP contribution in [0, 0.1) is 0 Å². The predicted octanol–water partition coefficient (Wildman–Crippen LogP) is 3.83. The summed E-state index contributed by atoms with van der Waals surface area (Å²) in [4.78, 5) is 11.5. The molecule has 0 fully saturated rings. The van der Waals surface area contributed by atoms with Gasteiger partial charge in [0.1, 0.15) is 5.82 Å². The van der Waals surface area contributed by atoms with Gasteiger partial charge in [0.05, 0.1) is 5.69 Å². The normalized spacial score (nSPS) is 10.6. The van der Waals surface area contributed by atoms with Gasteiger partial charge in [0.15, 0.2) is 0 Å². The molecule has 0 aliphatic rings. The van der Waals surface area contributed by atoms with Gasteiger partial charge in [0.2, 0.25) is 5.95 Å². The third-order valence-corrected chi connectivity index (χ3v) is 3.83. The molecule has 2 rings (SSSR count). The Morgan fingerprint density at radius 2 is 1.92 bits per heavy atom. The fourth-order valence-corrected chi connectivity index (χ4v) is 2.39. The topological polar surface area (TPSA) is 50.3 Å². The van der Waals surface area contributed by atoms with Crippen LogP contribution in [0.25, 0.3) is 11.3 Å². The van der Waals surface area contributed by atoms with E-state index in [1.54, 1.807) is 7.11 Å². The fraction of sp³-hybridized carbons (Fsp3) is 0.474. The quantitative estimate of drug-likeness (QED) is 0.672. The van der Waals surface area contributed by atoms with Gasteiger partial charge in [-0.3, -0.25) is 0 Å². The molecule has 2 aromatic rings. The molecule has 0 saturated carbocycles. The molecule has 1 N–H and O–H groups in total. The Labute approximate surface area is 145 Å². The zero-order chi connectivity index (χ0) is 17.2. The Morgan fingerprint density at radius 3 is 2.62 bits per heavy atom. The maximum Gasteiger partial charge on any atom is 0.225 e. The van der Waals surface area contributed by atoms with Crippen LogP contribution < -0.4 is 10.2 Å². The van der Waals surface area contributed by atoms with Crippen LogP contribution in [0.4, 0.5) is 11.8 Å². The van der Waals surface area contributed by atoms with Gasteiger partial charge in [-0.15, -0.1) is 0 Å². The van der Waals surface area contributed by atoms with Crippen LogP contribution in [-0.2, 0) is 4.74 Å².